The standard InChI is InChI=1S/C27H24F3N7O5/c1-4-41-21(12-35-24-14-32-13-22(36-24)27(28,29)30)25(31)26(38)37-23-6-5-15(11-34-23)42-18-7-8-33-17-10-20(40-3)19(39-2)9-16(17)18/h5-14H,4,31H2,1-3H3,(H,34,37,38). The van der Waals surface area contributed by atoms with Crippen LogP contribution in [0, 0.1) is 0 Å². The number of alkyl halides is 3. The molecule has 3 aromatic heterocycles. The van der Waals surface area contributed by atoms with Gasteiger partial charge in [0, 0.05) is 17.6 Å². The first-order chi connectivity index (χ1) is 20.1. The minimum absolute atomic E-state index is 0.0935. The highest BCUT2D eigenvalue weighted by Gasteiger charge is 2.33. The molecule has 4 aromatic rings. The van der Waals surface area contributed by atoms with Crippen molar-refractivity contribution in [3.8, 4) is 23.0 Å². The van der Waals surface area contributed by atoms with E-state index in [9.17, 15) is 18.0 Å². The third-order valence-corrected chi connectivity index (χ3v) is 5.45. The minimum Gasteiger partial charge on any atom is -0.493 e. The predicted octanol–water partition coefficient (Wildman–Crippen LogP) is 4.80. The first kappa shape index (κ1) is 29.5. The summed E-state index contributed by atoms with van der Waals surface area (Å²) in [7, 11) is 3.05. The summed E-state index contributed by atoms with van der Waals surface area (Å²) in [5.74, 6) is 0.677. The zero-order valence-electron chi connectivity index (χ0n) is 22.5. The number of ether oxygens (including phenoxy) is 4. The third kappa shape index (κ3) is 6.99. The molecule has 0 saturated heterocycles. The number of methoxy groups -OCH3 is 2. The second-order valence-electron chi connectivity index (χ2n) is 8.20. The second kappa shape index (κ2) is 12.8. The molecule has 42 heavy (non-hydrogen) atoms. The number of hydrogen-bond acceptors (Lipinski definition) is 11. The molecule has 0 unspecified atom stereocenters. The molecule has 0 atom stereocenters. The maximum Gasteiger partial charge on any atom is 0.434 e. The van der Waals surface area contributed by atoms with Gasteiger partial charge in [0.2, 0.25) is 0 Å². The fourth-order valence-electron chi connectivity index (χ4n) is 3.49. The Morgan fingerprint density at radius 3 is 2.48 bits per heavy atom. The van der Waals surface area contributed by atoms with Crippen molar-refractivity contribution in [3.63, 3.8) is 0 Å². The van der Waals surface area contributed by atoms with Crippen molar-refractivity contribution in [2.24, 2.45) is 10.7 Å². The van der Waals surface area contributed by atoms with Crippen molar-refractivity contribution < 1.29 is 36.9 Å². The summed E-state index contributed by atoms with van der Waals surface area (Å²) >= 11 is 0. The van der Waals surface area contributed by atoms with Crippen molar-refractivity contribution in [1.29, 1.82) is 0 Å². The number of carbonyl (C=O) groups excluding carboxylic acids is 1. The number of nitrogens with two attached hydrogens (primary N) is 1. The molecule has 0 aliphatic rings. The number of nitrogens with one attached hydrogen (secondary N) is 1. The fourth-order valence-corrected chi connectivity index (χ4v) is 3.49. The molecule has 0 aliphatic carbocycles. The molecule has 3 N–H and O–H groups in total. The molecular weight excluding hydrogens is 559 g/mol. The van der Waals surface area contributed by atoms with E-state index in [0.717, 1.165) is 12.4 Å². The Hall–Kier alpha value is -5.47. The van der Waals surface area contributed by atoms with Crippen LogP contribution in [-0.4, -0.2) is 52.9 Å². The van der Waals surface area contributed by atoms with Crippen molar-refractivity contribution in [2.45, 2.75) is 13.1 Å². The van der Waals surface area contributed by atoms with E-state index in [0.29, 0.717) is 40.1 Å². The molecule has 0 spiro atoms. The van der Waals surface area contributed by atoms with Gasteiger partial charge in [-0.15, -0.1) is 0 Å². The van der Waals surface area contributed by atoms with E-state index in [1.54, 1.807) is 37.4 Å². The predicted molar refractivity (Wildman–Crippen MR) is 146 cm³/mol. The highest BCUT2D eigenvalue weighted by Crippen LogP contribution is 2.36. The summed E-state index contributed by atoms with van der Waals surface area (Å²) in [6.45, 7) is 1.72. The van der Waals surface area contributed by atoms with Crippen LogP contribution >= 0.6 is 0 Å². The van der Waals surface area contributed by atoms with Gasteiger partial charge in [-0.1, -0.05) is 0 Å². The number of halogens is 3. The Bertz CT molecular complexity index is 1640. The Morgan fingerprint density at radius 1 is 1.05 bits per heavy atom. The van der Waals surface area contributed by atoms with Gasteiger partial charge in [-0.25, -0.2) is 15.0 Å². The number of anilines is 1. The number of fused-ring (bicyclic) bond motifs is 1. The monoisotopic (exact) mass is 583 g/mol. The first-order valence-electron chi connectivity index (χ1n) is 12.1. The zero-order chi connectivity index (χ0) is 30.3. The van der Waals surface area contributed by atoms with E-state index in [-0.39, 0.29) is 24.0 Å². The maximum absolute atomic E-state index is 12.9. The molecule has 218 valence electrons. The van der Waals surface area contributed by atoms with Gasteiger partial charge in [0.1, 0.15) is 23.0 Å². The molecule has 15 heteroatoms. The van der Waals surface area contributed by atoms with Crippen molar-refractivity contribution >= 4 is 34.7 Å². The zero-order valence-corrected chi connectivity index (χ0v) is 22.5. The molecule has 0 aliphatic heterocycles. The lowest BCUT2D eigenvalue weighted by Gasteiger charge is -2.12. The molecule has 3 heterocycles. The Morgan fingerprint density at radius 2 is 1.81 bits per heavy atom. The van der Waals surface area contributed by atoms with E-state index in [1.807, 2.05) is 0 Å². The summed E-state index contributed by atoms with van der Waals surface area (Å²) in [6, 6.07) is 8.21. The molecule has 0 fully saturated rings. The van der Waals surface area contributed by atoms with Crippen molar-refractivity contribution in [3.05, 3.63) is 72.3 Å². The van der Waals surface area contributed by atoms with E-state index >= 15 is 0 Å². The van der Waals surface area contributed by atoms with Crippen LogP contribution in [0.1, 0.15) is 12.6 Å². The largest absolute Gasteiger partial charge is 0.493 e. The average Bonchev–Trinajstić information content (AvgIpc) is 2.99. The summed E-state index contributed by atoms with van der Waals surface area (Å²) in [6.07, 6.45) is 0.839. The molecule has 1 amide bonds. The Balaban J connectivity index is 1.49. The van der Waals surface area contributed by atoms with Crippen molar-refractivity contribution in [2.75, 3.05) is 26.1 Å². The lowest BCUT2D eigenvalue weighted by molar-refractivity contribution is -0.141. The molecule has 1 aromatic carbocycles. The highest BCUT2D eigenvalue weighted by atomic mass is 19.4. The van der Waals surface area contributed by atoms with Crippen molar-refractivity contribution in [1.82, 2.24) is 19.9 Å². The number of amides is 1. The summed E-state index contributed by atoms with van der Waals surface area (Å²) in [5, 5.41) is 3.18. The number of carbonyl (C=O) groups is 1. The number of hydrogen-bond donors (Lipinski definition) is 2. The van der Waals surface area contributed by atoms with Gasteiger partial charge in [-0.3, -0.25) is 14.8 Å². The van der Waals surface area contributed by atoms with E-state index in [2.05, 4.69) is 30.2 Å². The second-order valence-corrected chi connectivity index (χ2v) is 8.20. The lowest BCUT2D eigenvalue weighted by Crippen LogP contribution is -2.23. The molecule has 0 bridgehead atoms. The lowest BCUT2D eigenvalue weighted by atomic mass is 10.2. The van der Waals surface area contributed by atoms with Gasteiger partial charge in [0.25, 0.3) is 5.91 Å². The number of allylic oxidation sites excluding steroid dienone is 1. The van der Waals surface area contributed by atoms with Crippen LogP contribution < -0.4 is 25.3 Å². The van der Waals surface area contributed by atoms with E-state index < -0.39 is 23.5 Å². The van der Waals surface area contributed by atoms with Crippen LogP contribution in [0.25, 0.3) is 10.9 Å². The van der Waals surface area contributed by atoms with Gasteiger partial charge in [-0.05, 0) is 31.2 Å². The fraction of sp³-hybridized carbons (Fsp3) is 0.185. The van der Waals surface area contributed by atoms with Crippen LogP contribution in [-0.2, 0) is 15.7 Å². The number of nitrogens with zero attached hydrogens (tertiary/aromatic N) is 5. The van der Waals surface area contributed by atoms with Crippen LogP contribution in [0.15, 0.2) is 71.6 Å². The molecule has 4 rings (SSSR count). The number of aliphatic imine (C=N–C) groups is 1. The molecular formula is C27H24F3N7O5. The highest BCUT2D eigenvalue weighted by molar-refractivity contribution is 6.06. The van der Waals surface area contributed by atoms with Crippen LogP contribution in [0.3, 0.4) is 0 Å². The number of pyridine rings is 2. The average molecular weight is 584 g/mol. The van der Waals surface area contributed by atoms with Crippen LogP contribution in [0.2, 0.25) is 0 Å². The number of rotatable bonds is 10. The smallest absolute Gasteiger partial charge is 0.434 e. The topological polar surface area (TPSA) is 156 Å². The van der Waals surface area contributed by atoms with Crippen LogP contribution in [0.4, 0.5) is 24.8 Å². The SMILES string of the molecule is CCOC(C=Nc1cncc(C(F)(F)F)n1)=C(N)C(=O)Nc1ccc(Oc2ccnc3cc(OC)c(OC)cc23)cn1. The number of benzene rings is 1. The van der Waals surface area contributed by atoms with Gasteiger partial charge in [-0.2, -0.15) is 13.2 Å². The van der Waals surface area contributed by atoms with Gasteiger partial charge < -0.3 is 30.0 Å². The normalized spacial score (nSPS) is 12.1. The third-order valence-electron chi connectivity index (χ3n) is 5.45. The molecule has 0 saturated carbocycles. The maximum atomic E-state index is 12.9. The molecule has 12 nitrogen and oxygen atoms in total. The van der Waals surface area contributed by atoms with Crippen LogP contribution in [0.5, 0.6) is 23.0 Å². The summed E-state index contributed by atoms with van der Waals surface area (Å²) in [5.41, 5.74) is 4.95. The minimum atomic E-state index is -4.70. The van der Waals surface area contributed by atoms with E-state index in [1.165, 1.54) is 26.5 Å². The quantitative estimate of drug-likeness (QED) is 0.151. The first-order valence-corrected chi connectivity index (χ1v) is 12.1. The van der Waals surface area contributed by atoms with Gasteiger partial charge in [0.15, 0.2) is 28.8 Å². The molecule has 0 radical (unpaired) electrons. The Kier molecular flexibility index (Phi) is 8.99. The summed E-state index contributed by atoms with van der Waals surface area (Å²) in [4.78, 5) is 31.9. The van der Waals surface area contributed by atoms with Gasteiger partial charge in [0.05, 0.1) is 51.1 Å². The van der Waals surface area contributed by atoms with Gasteiger partial charge >= 0.3 is 6.18 Å². The number of aromatic nitrogens is 4. The van der Waals surface area contributed by atoms with E-state index in [4.69, 9.17) is 24.7 Å². The Labute approximate surface area is 237 Å². The summed E-state index contributed by atoms with van der Waals surface area (Å²) < 4.78 is 60.7.